The summed E-state index contributed by atoms with van der Waals surface area (Å²) in [6.45, 7) is 12.7. The molecule has 2 fully saturated rings. The van der Waals surface area contributed by atoms with Crippen LogP contribution in [0.15, 0.2) is 0 Å². The van der Waals surface area contributed by atoms with Crippen molar-refractivity contribution in [3.05, 3.63) is 0 Å². The molecule has 2 rings (SSSR count). The number of carbonyl (C=O) groups is 1. The molecule has 0 aromatic heterocycles. The number of carbonyl (C=O) groups excluding carboxylic acids is 1. The topological polar surface area (TPSA) is 36.0 Å². The SMILES string of the molecule is CCOCCN1CCN(C(C)C(=O)N2CCCC2)CC1. The standard InChI is InChI=1S/C15H29N3O2/c1-3-20-13-12-16-8-10-17(11-9-16)14(2)15(19)18-6-4-5-7-18/h14H,3-13H2,1-2H3. The first-order valence-electron chi connectivity index (χ1n) is 8.05. The lowest BCUT2D eigenvalue weighted by molar-refractivity contribution is -0.136. The molecule has 0 aromatic carbocycles. The van der Waals surface area contributed by atoms with Crippen LogP contribution in [-0.2, 0) is 9.53 Å². The van der Waals surface area contributed by atoms with Crippen LogP contribution in [0.2, 0.25) is 0 Å². The molecular formula is C15H29N3O2. The third kappa shape index (κ3) is 4.17. The molecule has 0 bridgehead atoms. The molecule has 2 saturated heterocycles. The van der Waals surface area contributed by atoms with E-state index >= 15 is 0 Å². The lowest BCUT2D eigenvalue weighted by Crippen LogP contribution is -2.54. The highest BCUT2D eigenvalue weighted by atomic mass is 16.5. The molecule has 0 aliphatic carbocycles. The van der Waals surface area contributed by atoms with Gasteiger partial charge in [-0.1, -0.05) is 0 Å². The van der Waals surface area contributed by atoms with Crippen LogP contribution in [0, 0.1) is 0 Å². The number of hydrogen-bond donors (Lipinski definition) is 0. The summed E-state index contributed by atoms with van der Waals surface area (Å²) < 4.78 is 5.40. The maximum Gasteiger partial charge on any atom is 0.239 e. The third-order valence-corrected chi connectivity index (χ3v) is 4.49. The minimum Gasteiger partial charge on any atom is -0.380 e. The molecular weight excluding hydrogens is 254 g/mol. The lowest BCUT2D eigenvalue weighted by Gasteiger charge is -2.38. The third-order valence-electron chi connectivity index (χ3n) is 4.49. The van der Waals surface area contributed by atoms with E-state index in [1.807, 2.05) is 11.8 Å². The molecule has 0 aromatic rings. The molecule has 2 heterocycles. The number of amides is 1. The monoisotopic (exact) mass is 283 g/mol. The quantitative estimate of drug-likeness (QED) is 0.671. The minimum absolute atomic E-state index is 0.0436. The Labute approximate surface area is 122 Å². The van der Waals surface area contributed by atoms with E-state index in [0.29, 0.717) is 5.91 Å². The number of ether oxygens (including phenoxy) is 1. The Morgan fingerprint density at radius 2 is 1.75 bits per heavy atom. The van der Waals surface area contributed by atoms with Gasteiger partial charge in [0.1, 0.15) is 0 Å². The van der Waals surface area contributed by atoms with Crippen LogP contribution in [-0.4, -0.2) is 85.7 Å². The number of piperazine rings is 1. The molecule has 2 aliphatic heterocycles. The minimum atomic E-state index is 0.0436. The second-order valence-corrected chi connectivity index (χ2v) is 5.78. The Kier molecular flexibility index (Phi) is 6.26. The van der Waals surface area contributed by atoms with Crippen molar-refractivity contribution in [2.24, 2.45) is 0 Å². The summed E-state index contributed by atoms with van der Waals surface area (Å²) in [5, 5.41) is 0. The Morgan fingerprint density at radius 3 is 2.35 bits per heavy atom. The van der Waals surface area contributed by atoms with E-state index in [4.69, 9.17) is 4.74 Å². The van der Waals surface area contributed by atoms with E-state index in [9.17, 15) is 4.79 Å². The van der Waals surface area contributed by atoms with E-state index in [-0.39, 0.29) is 6.04 Å². The zero-order valence-electron chi connectivity index (χ0n) is 13.0. The summed E-state index contributed by atoms with van der Waals surface area (Å²) >= 11 is 0. The molecule has 1 unspecified atom stereocenters. The molecule has 0 saturated carbocycles. The fourth-order valence-electron chi connectivity index (χ4n) is 3.07. The van der Waals surface area contributed by atoms with Crippen LogP contribution in [0.3, 0.4) is 0 Å². The zero-order valence-corrected chi connectivity index (χ0v) is 13.0. The van der Waals surface area contributed by atoms with Gasteiger partial charge in [0.15, 0.2) is 0 Å². The number of nitrogens with zero attached hydrogens (tertiary/aromatic N) is 3. The average molecular weight is 283 g/mol. The van der Waals surface area contributed by atoms with E-state index in [1.165, 1.54) is 12.8 Å². The molecule has 0 N–H and O–H groups in total. The first-order valence-corrected chi connectivity index (χ1v) is 8.05. The Bertz CT molecular complexity index is 297. The second kappa shape index (κ2) is 7.96. The fourth-order valence-corrected chi connectivity index (χ4v) is 3.07. The van der Waals surface area contributed by atoms with Gasteiger partial charge in [-0.2, -0.15) is 0 Å². The van der Waals surface area contributed by atoms with Gasteiger partial charge in [-0.15, -0.1) is 0 Å². The fraction of sp³-hybridized carbons (Fsp3) is 0.933. The average Bonchev–Trinajstić information content (AvgIpc) is 3.01. The van der Waals surface area contributed by atoms with Crippen LogP contribution in [0.5, 0.6) is 0 Å². The largest absolute Gasteiger partial charge is 0.380 e. The van der Waals surface area contributed by atoms with Crippen LogP contribution in [0.1, 0.15) is 26.7 Å². The van der Waals surface area contributed by atoms with Crippen molar-refractivity contribution in [2.75, 3.05) is 59.0 Å². The van der Waals surface area contributed by atoms with Crippen LogP contribution in [0.4, 0.5) is 0 Å². The summed E-state index contributed by atoms with van der Waals surface area (Å²) in [4.78, 5) is 19.2. The highest BCUT2D eigenvalue weighted by molar-refractivity contribution is 5.81. The van der Waals surface area contributed by atoms with Crippen LogP contribution >= 0.6 is 0 Å². The van der Waals surface area contributed by atoms with E-state index < -0.39 is 0 Å². The second-order valence-electron chi connectivity index (χ2n) is 5.78. The maximum absolute atomic E-state index is 12.4. The Morgan fingerprint density at radius 1 is 1.10 bits per heavy atom. The summed E-state index contributed by atoms with van der Waals surface area (Å²) in [7, 11) is 0. The van der Waals surface area contributed by atoms with Gasteiger partial charge in [0, 0.05) is 52.4 Å². The van der Waals surface area contributed by atoms with Gasteiger partial charge in [-0.3, -0.25) is 14.6 Å². The van der Waals surface area contributed by atoms with Gasteiger partial charge < -0.3 is 9.64 Å². The number of hydrogen-bond acceptors (Lipinski definition) is 4. The van der Waals surface area contributed by atoms with Crippen molar-refractivity contribution in [1.82, 2.24) is 14.7 Å². The lowest BCUT2D eigenvalue weighted by atomic mass is 10.2. The first-order chi connectivity index (χ1) is 9.72. The Balaban J connectivity index is 1.71. The number of likely N-dealkylation sites (tertiary alicyclic amines) is 1. The smallest absolute Gasteiger partial charge is 0.239 e. The number of rotatable bonds is 6. The van der Waals surface area contributed by atoms with Crippen molar-refractivity contribution in [1.29, 1.82) is 0 Å². The van der Waals surface area contributed by atoms with Gasteiger partial charge >= 0.3 is 0 Å². The van der Waals surface area contributed by atoms with Gasteiger partial charge in [0.25, 0.3) is 0 Å². The van der Waals surface area contributed by atoms with E-state index in [0.717, 1.165) is 59.0 Å². The summed E-state index contributed by atoms with van der Waals surface area (Å²) in [5.74, 6) is 0.324. The van der Waals surface area contributed by atoms with Crippen molar-refractivity contribution < 1.29 is 9.53 Å². The Hall–Kier alpha value is -0.650. The normalized spacial score (nSPS) is 23.2. The van der Waals surface area contributed by atoms with Gasteiger partial charge in [0.2, 0.25) is 5.91 Å². The van der Waals surface area contributed by atoms with E-state index in [2.05, 4.69) is 16.7 Å². The van der Waals surface area contributed by atoms with Crippen molar-refractivity contribution in [3.63, 3.8) is 0 Å². The zero-order chi connectivity index (χ0) is 14.4. The van der Waals surface area contributed by atoms with Crippen molar-refractivity contribution >= 4 is 5.91 Å². The highest BCUT2D eigenvalue weighted by Gasteiger charge is 2.29. The highest BCUT2D eigenvalue weighted by Crippen LogP contribution is 2.13. The maximum atomic E-state index is 12.4. The molecule has 0 radical (unpaired) electrons. The molecule has 5 heteroatoms. The molecule has 1 atom stereocenters. The molecule has 20 heavy (non-hydrogen) atoms. The summed E-state index contributed by atoms with van der Waals surface area (Å²) in [6, 6.07) is 0.0436. The van der Waals surface area contributed by atoms with E-state index in [1.54, 1.807) is 0 Å². The van der Waals surface area contributed by atoms with Gasteiger partial charge in [0.05, 0.1) is 12.6 Å². The molecule has 5 nitrogen and oxygen atoms in total. The van der Waals surface area contributed by atoms with Gasteiger partial charge in [-0.05, 0) is 26.7 Å². The first kappa shape index (κ1) is 15.7. The molecule has 0 spiro atoms. The molecule has 2 aliphatic rings. The summed E-state index contributed by atoms with van der Waals surface area (Å²) in [6.07, 6.45) is 2.34. The van der Waals surface area contributed by atoms with Crippen LogP contribution in [0.25, 0.3) is 0 Å². The van der Waals surface area contributed by atoms with Crippen molar-refractivity contribution in [3.8, 4) is 0 Å². The van der Waals surface area contributed by atoms with Gasteiger partial charge in [-0.25, -0.2) is 0 Å². The predicted molar refractivity (Wildman–Crippen MR) is 79.8 cm³/mol. The summed E-state index contributed by atoms with van der Waals surface area (Å²) in [5.41, 5.74) is 0. The van der Waals surface area contributed by atoms with Crippen molar-refractivity contribution in [2.45, 2.75) is 32.7 Å². The van der Waals surface area contributed by atoms with Crippen LogP contribution < -0.4 is 0 Å². The molecule has 116 valence electrons. The predicted octanol–water partition coefficient (Wildman–Crippen LogP) is 0.651. The molecule has 1 amide bonds.